The summed E-state index contributed by atoms with van der Waals surface area (Å²) in [5.74, 6) is 0.447. The third-order valence-corrected chi connectivity index (χ3v) is 2.58. The maximum atomic E-state index is 11.5. The fraction of sp³-hybridized carbons (Fsp3) is 0.125. The standard InChI is InChI=1S/C16H16N2O4/c19-15(22-14-9-5-2-6-10-14)17-11-12-21-16(20)18-13-7-3-1-4-8-13/h1-10H,11-12H2,(H,17,19)(H,18,20). The van der Waals surface area contributed by atoms with Crippen molar-refractivity contribution in [2.24, 2.45) is 0 Å². The summed E-state index contributed by atoms with van der Waals surface area (Å²) in [4.78, 5) is 22.9. The molecule has 0 spiro atoms. The van der Waals surface area contributed by atoms with Gasteiger partial charge in [-0.2, -0.15) is 0 Å². The fourth-order valence-electron chi connectivity index (χ4n) is 1.60. The van der Waals surface area contributed by atoms with E-state index in [-0.39, 0.29) is 13.2 Å². The van der Waals surface area contributed by atoms with E-state index in [1.165, 1.54) is 0 Å². The fourth-order valence-corrected chi connectivity index (χ4v) is 1.60. The molecule has 0 saturated heterocycles. The van der Waals surface area contributed by atoms with Gasteiger partial charge in [0, 0.05) is 5.69 Å². The van der Waals surface area contributed by atoms with Crippen molar-refractivity contribution in [2.75, 3.05) is 18.5 Å². The topological polar surface area (TPSA) is 76.7 Å². The predicted molar refractivity (Wildman–Crippen MR) is 81.9 cm³/mol. The Bertz CT molecular complexity index is 547. The van der Waals surface area contributed by atoms with Gasteiger partial charge in [-0.1, -0.05) is 36.4 Å². The molecule has 114 valence electrons. The van der Waals surface area contributed by atoms with E-state index >= 15 is 0 Å². The maximum Gasteiger partial charge on any atom is 0.412 e. The van der Waals surface area contributed by atoms with Crippen molar-refractivity contribution in [1.82, 2.24) is 5.32 Å². The van der Waals surface area contributed by atoms with Crippen LogP contribution in [0.25, 0.3) is 0 Å². The minimum atomic E-state index is -0.599. The third-order valence-electron chi connectivity index (χ3n) is 2.58. The van der Waals surface area contributed by atoms with Gasteiger partial charge in [-0.15, -0.1) is 0 Å². The van der Waals surface area contributed by atoms with E-state index in [9.17, 15) is 9.59 Å². The molecular weight excluding hydrogens is 284 g/mol. The van der Waals surface area contributed by atoms with E-state index in [0.29, 0.717) is 11.4 Å². The van der Waals surface area contributed by atoms with Crippen LogP contribution in [0.3, 0.4) is 0 Å². The minimum Gasteiger partial charge on any atom is -0.447 e. The highest BCUT2D eigenvalue weighted by atomic mass is 16.6. The first kappa shape index (κ1) is 15.4. The van der Waals surface area contributed by atoms with Gasteiger partial charge in [0.2, 0.25) is 0 Å². The maximum absolute atomic E-state index is 11.5. The summed E-state index contributed by atoms with van der Waals surface area (Å²) < 4.78 is 9.94. The minimum absolute atomic E-state index is 0.0442. The lowest BCUT2D eigenvalue weighted by atomic mass is 10.3. The monoisotopic (exact) mass is 300 g/mol. The third kappa shape index (κ3) is 5.54. The Kier molecular flexibility index (Phi) is 5.80. The van der Waals surface area contributed by atoms with E-state index in [2.05, 4.69) is 10.6 Å². The molecule has 0 aliphatic carbocycles. The number of hydrogen-bond donors (Lipinski definition) is 2. The molecule has 0 fully saturated rings. The molecule has 0 saturated carbocycles. The van der Waals surface area contributed by atoms with Gasteiger partial charge in [-0.3, -0.25) is 5.32 Å². The number of nitrogens with one attached hydrogen (secondary N) is 2. The SMILES string of the molecule is O=C(Nc1ccccc1)OCCNC(=O)Oc1ccccc1. The van der Waals surface area contributed by atoms with Crippen molar-refractivity contribution in [2.45, 2.75) is 0 Å². The summed E-state index contributed by atoms with van der Waals surface area (Å²) in [7, 11) is 0. The average Bonchev–Trinajstić information content (AvgIpc) is 2.53. The van der Waals surface area contributed by atoms with Crippen LogP contribution in [0.2, 0.25) is 0 Å². The number of rotatable bonds is 5. The van der Waals surface area contributed by atoms with Crippen molar-refractivity contribution in [3.63, 3.8) is 0 Å². The zero-order valence-corrected chi connectivity index (χ0v) is 11.8. The van der Waals surface area contributed by atoms with Crippen LogP contribution < -0.4 is 15.4 Å². The Labute approximate surface area is 128 Å². The molecule has 0 radical (unpaired) electrons. The van der Waals surface area contributed by atoms with Crippen LogP contribution in [0.1, 0.15) is 0 Å². The van der Waals surface area contributed by atoms with Gasteiger partial charge in [0.1, 0.15) is 12.4 Å². The molecule has 0 bridgehead atoms. The Morgan fingerprint density at radius 1 is 0.864 bits per heavy atom. The lowest BCUT2D eigenvalue weighted by Crippen LogP contribution is -2.31. The van der Waals surface area contributed by atoms with E-state index in [4.69, 9.17) is 9.47 Å². The van der Waals surface area contributed by atoms with Gasteiger partial charge in [0.25, 0.3) is 0 Å². The molecule has 0 aliphatic heterocycles. The van der Waals surface area contributed by atoms with E-state index in [1.54, 1.807) is 48.5 Å². The molecule has 0 heterocycles. The average molecular weight is 300 g/mol. The van der Waals surface area contributed by atoms with E-state index < -0.39 is 12.2 Å². The molecule has 22 heavy (non-hydrogen) atoms. The summed E-state index contributed by atoms with van der Waals surface area (Å²) in [6, 6.07) is 17.6. The zero-order chi connectivity index (χ0) is 15.6. The molecular formula is C16H16N2O4. The number of carbonyl (C=O) groups excluding carboxylic acids is 2. The van der Waals surface area contributed by atoms with Crippen molar-refractivity contribution >= 4 is 17.9 Å². The number of carbonyl (C=O) groups is 2. The summed E-state index contributed by atoms with van der Waals surface area (Å²) in [6.45, 7) is 0.205. The highest BCUT2D eigenvalue weighted by molar-refractivity contribution is 5.84. The van der Waals surface area contributed by atoms with E-state index in [0.717, 1.165) is 0 Å². The molecule has 0 atom stereocenters. The molecule has 0 aliphatic rings. The van der Waals surface area contributed by atoms with Crippen molar-refractivity contribution in [3.05, 3.63) is 60.7 Å². The van der Waals surface area contributed by atoms with Crippen molar-refractivity contribution < 1.29 is 19.1 Å². The quantitative estimate of drug-likeness (QED) is 0.832. The first-order valence-corrected chi connectivity index (χ1v) is 6.73. The van der Waals surface area contributed by atoms with Crippen molar-refractivity contribution in [1.29, 1.82) is 0 Å². The second-order valence-corrected chi connectivity index (χ2v) is 4.26. The molecule has 6 nitrogen and oxygen atoms in total. The van der Waals surface area contributed by atoms with Gasteiger partial charge in [-0.05, 0) is 24.3 Å². The number of hydrogen-bond acceptors (Lipinski definition) is 4. The van der Waals surface area contributed by atoms with Gasteiger partial charge < -0.3 is 14.8 Å². The molecule has 2 N–H and O–H groups in total. The number of para-hydroxylation sites is 2. The van der Waals surface area contributed by atoms with Crippen molar-refractivity contribution in [3.8, 4) is 5.75 Å². The number of benzene rings is 2. The number of ether oxygens (including phenoxy) is 2. The van der Waals surface area contributed by atoms with Gasteiger partial charge in [0.15, 0.2) is 0 Å². The Morgan fingerprint density at radius 3 is 2.18 bits per heavy atom. The highest BCUT2D eigenvalue weighted by Gasteiger charge is 2.05. The molecule has 2 rings (SSSR count). The van der Waals surface area contributed by atoms with Crippen LogP contribution in [-0.4, -0.2) is 25.3 Å². The van der Waals surface area contributed by atoms with Crippen LogP contribution in [0, 0.1) is 0 Å². The molecule has 2 aromatic carbocycles. The number of anilines is 1. The smallest absolute Gasteiger partial charge is 0.412 e. The first-order chi connectivity index (χ1) is 10.7. The Hall–Kier alpha value is -3.02. The van der Waals surface area contributed by atoms with Gasteiger partial charge in [-0.25, -0.2) is 9.59 Å². The Balaban J connectivity index is 1.60. The zero-order valence-electron chi connectivity index (χ0n) is 11.8. The summed E-state index contributed by atoms with van der Waals surface area (Å²) in [6.07, 6.45) is -1.18. The summed E-state index contributed by atoms with van der Waals surface area (Å²) >= 11 is 0. The normalized spacial score (nSPS) is 9.64. The van der Waals surface area contributed by atoms with Gasteiger partial charge in [0.05, 0.1) is 6.54 Å². The lowest BCUT2D eigenvalue weighted by Gasteiger charge is -2.08. The van der Waals surface area contributed by atoms with Crippen LogP contribution in [-0.2, 0) is 4.74 Å². The molecule has 6 heteroatoms. The predicted octanol–water partition coefficient (Wildman–Crippen LogP) is 3.02. The molecule has 2 aromatic rings. The molecule has 0 aromatic heterocycles. The van der Waals surface area contributed by atoms with Crippen LogP contribution in [0.4, 0.5) is 15.3 Å². The van der Waals surface area contributed by atoms with Crippen LogP contribution in [0.15, 0.2) is 60.7 Å². The largest absolute Gasteiger partial charge is 0.447 e. The second-order valence-electron chi connectivity index (χ2n) is 4.26. The number of amides is 2. The second kappa shape index (κ2) is 8.31. The molecule has 2 amide bonds. The molecule has 0 unspecified atom stereocenters. The summed E-state index contributed by atoms with van der Waals surface area (Å²) in [5.41, 5.74) is 0.643. The Morgan fingerprint density at radius 2 is 1.50 bits per heavy atom. The summed E-state index contributed by atoms with van der Waals surface area (Å²) in [5, 5.41) is 5.05. The first-order valence-electron chi connectivity index (χ1n) is 6.73. The van der Waals surface area contributed by atoms with E-state index in [1.807, 2.05) is 12.1 Å². The highest BCUT2D eigenvalue weighted by Crippen LogP contribution is 2.08. The van der Waals surface area contributed by atoms with Gasteiger partial charge >= 0.3 is 12.2 Å². The van der Waals surface area contributed by atoms with Crippen LogP contribution >= 0.6 is 0 Å². The van der Waals surface area contributed by atoms with Crippen LogP contribution in [0.5, 0.6) is 5.75 Å². The lowest BCUT2D eigenvalue weighted by molar-refractivity contribution is 0.158.